The van der Waals surface area contributed by atoms with Crippen LogP contribution in [0.3, 0.4) is 0 Å². The maximum absolute atomic E-state index is 12.9. The standard InChI is InChI=1S/C23H28ClN3O3/c1-26(2)22-19(24)11-6-12-20(22)25-23(29)17-8-7-14-27(16-17)21(28)13-15-30-18-9-4-3-5-10-18/h3-6,9-12,17H,7-8,13-16H2,1-2H3,(H,25,29). The van der Waals surface area contributed by atoms with E-state index >= 15 is 0 Å². The number of rotatable bonds is 7. The number of piperidine rings is 1. The lowest BCUT2D eigenvalue weighted by Crippen LogP contribution is -2.44. The molecule has 0 bridgehead atoms. The largest absolute Gasteiger partial charge is 0.493 e. The summed E-state index contributed by atoms with van der Waals surface area (Å²) in [6.07, 6.45) is 1.86. The van der Waals surface area contributed by atoms with Crippen molar-refractivity contribution in [1.82, 2.24) is 4.90 Å². The highest BCUT2D eigenvalue weighted by Crippen LogP contribution is 2.33. The second-order valence-electron chi connectivity index (χ2n) is 7.61. The first kappa shape index (κ1) is 22.0. The van der Waals surface area contributed by atoms with Crippen molar-refractivity contribution in [1.29, 1.82) is 0 Å². The number of halogens is 1. The zero-order valence-electron chi connectivity index (χ0n) is 17.4. The Morgan fingerprint density at radius 1 is 1.17 bits per heavy atom. The van der Waals surface area contributed by atoms with Gasteiger partial charge in [-0.05, 0) is 37.1 Å². The van der Waals surface area contributed by atoms with Crippen LogP contribution in [0.4, 0.5) is 11.4 Å². The van der Waals surface area contributed by atoms with Gasteiger partial charge in [-0.25, -0.2) is 0 Å². The van der Waals surface area contributed by atoms with Gasteiger partial charge in [-0.1, -0.05) is 35.9 Å². The predicted molar refractivity (Wildman–Crippen MR) is 120 cm³/mol. The van der Waals surface area contributed by atoms with E-state index in [-0.39, 0.29) is 17.7 Å². The first-order chi connectivity index (χ1) is 14.5. The molecule has 6 nitrogen and oxygen atoms in total. The lowest BCUT2D eigenvalue weighted by Gasteiger charge is -2.32. The first-order valence-electron chi connectivity index (χ1n) is 10.2. The molecular weight excluding hydrogens is 402 g/mol. The summed E-state index contributed by atoms with van der Waals surface area (Å²) < 4.78 is 5.62. The normalized spacial score (nSPS) is 16.1. The van der Waals surface area contributed by atoms with Crippen LogP contribution in [0.25, 0.3) is 0 Å². The van der Waals surface area contributed by atoms with Gasteiger partial charge < -0.3 is 19.9 Å². The summed E-state index contributed by atoms with van der Waals surface area (Å²) in [6, 6.07) is 14.9. The predicted octanol–water partition coefficient (Wildman–Crippen LogP) is 4.05. The fourth-order valence-corrected chi connectivity index (χ4v) is 4.00. The van der Waals surface area contributed by atoms with Crippen molar-refractivity contribution in [2.75, 3.05) is 44.0 Å². The smallest absolute Gasteiger partial charge is 0.229 e. The third kappa shape index (κ3) is 5.66. The number of para-hydroxylation sites is 2. The maximum Gasteiger partial charge on any atom is 0.229 e. The Morgan fingerprint density at radius 3 is 2.67 bits per heavy atom. The zero-order chi connectivity index (χ0) is 21.5. The molecule has 1 saturated heterocycles. The number of anilines is 2. The minimum absolute atomic E-state index is 0.0140. The minimum atomic E-state index is -0.244. The van der Waals surface area contributed by atoms with E-state index in [2.05, 4.69) is 5.32 Å². The molecule has 1 atom stereocenters. The molecule has 2 aromatic rings. The number of hydrogen-bond donors (Lipinski definition) is 1. The summed E-state index contributed by atoms with van der Waals surface area (Å²) >= 11 is 6.29. The van der Waals surface area contributed by atoms with Crippen molar-refractivity contribution >= 4 is 34.8 Å². The molecule has 30 heavy (non-hydrogen) atoms. The van der Waals surface area contributed by atoms with Crippen LogP contribution < -0.4 is 15.0 Å². The first-order valence-corrected chi connectivity index (χ1v) is 10.6. The summed E-state index contributed by atoms with van der Waals surface area (Å²) in [5.74, 6) is 0.435. The van der Waals surface area contributed by atoms with E-state index in [1.807, 2.05) is 61.5 Å². The Balaban J connectivity index is 1.54. The van der Waals surface area contributed by atoms with E-state index in [1.54, 1.807) is 11.0 Å². The molecule has 3 rings (SSSR count). The van der Waals surface area contributed by atoms with Crippen LogP contribution in [0.2, 0.25) is 5.02 Å². The Hall–Kier alpha value is -2.73. The van der Waals surface area contributed by atoms with Crippen LogP contribution in [0, 0.1) is 5.92 Å². The van der Waals surface area contributed by atoms with Gasteiger partial charge in [-0.15, -0.1) is 0 Å². The molecule has 0 aliphatic carbocycles. The van der Waals surface area contributed by atoms with Crippen LogP contribution in [0.15, 0.2) is 48.5 Å². The molecule has 1 heterocycles. The van der Waals surface area contributed by atoms with Crippen molar-refractivity contribution in [2.24, 2.45) is 5.92 Å². The number of likely N-dealkylation sites (tertiary alicyclic amines) is 1. The van der Waals surface area contributed by atoms with Gasteiger partial charge in [0.25, 0.3) is 0 Å². The SMILES string of the molecule is CN(C)c1c(Cl)cccc1NC(=O)C1CCCN(C(=O)CCOc2ccccc2)C1. The number of carbonyl (C=O) groups is 2. The summed E-state index contributed by atoms with van der Waals surface area (Å²) in [5, 5.41) is 3.58. The zero-order valence-corrected chi connectivity index (χ0v) is 18.2. The van der Waals surface area contributed by atoms with E-state index in [4.69, 9.17) is 16.3 Å². The molecule has 0 radical (unpaired) electrons. The van der Waals surface area contributed by atoms with Crippen molar-refractivity contribution in [3.63, 3.8) is 0 Å². The van der Waals surface area contributed by atoms with Crippen molar-refractivity contribution in [2.45, 2.75) is 19.3 Å². The highest BCUT2D eigenvalue weighted by molar-refractivity contribution is 6.34. The summed E-state index contributed by atoms with van der Waals surface area (Å²) in [5.41, 5.74) is 1.45. The van der Waals surface area contributed by atoms with Gasteiger partial charge in [-0.2, -0.15) is 0 Å². The number of carbonyl (C=O) groups excluding carboxylic acids is 2. The van der Waals surface area contributed by atoms with Crippen LogP contribution in [-0.2, 0) is 9.59 Å². The number of hydrogen-bond acceptors (Lipinski definition) is 4. The van der Waals surface area contributed by atoms with Crippen molar-refractivity contribution in [3.8, 4) is 5.75 Å². The molecule has 2 aromatic carbocycles. The van der Waals surface area contributed by atoms with E-state index in [0.717, 1.165) is 24.3 Å². The van der Waals surface area contributed by atoms with Crippen LogP contribution >= 0.6 is 11.6 Å². The summed E-state index contributed by atoms with van der Waals surface area (Å²) in [7, 11) is 3.77. The molecule has 1 N–H and O–H groups in total. The number of benzene rings is 2. The summed E-state index contributed by atoms with van der Waals surface area (Å²) in [6.45, 7) is 1.42. The molecule has 0 aromatic heterocycles. The molecule has 160 valence electrons. The minimum Gasteiger partial charge on any atom is -0.493 e. The van der Waals surface area contributed by atoms with E-state index in [0.29, 0.717) is 36.8 Å². The van der Waals surface area contributed by atoms with E-state index in [1.165, 1.54) is 0 Å². The number of nitrogens with zero attached hydrogens (tertiary/aromatic N) is 2. The monoisotopic (exact) mass is 429 g/mol. The highest BCUT2D eigenvalue weighted by atomic mass is 35.5. The second kappa shape index (κ2) is 10.3. The maximum atomic E-state index is 12.9. The highest BCUT2D eigenvalue weighted by Gasteiger charge is 2.29. The lowest BCUT2D eigenvalue weighted by molar-refractivity contribution is -0.135. The van der Waals surface area contributed by atoms with Gasteiger partial charge in [0.15, 0.2) is 0 Å². The molecule has 0 saturated carbocycles. The quantitative estimate of drug-likeness (QED) is 0.721. The van der Waals surface area contributed by atoms with Gasteiger partial charge in [0.2, 0.25) is 11.8 Å². The summed E-state index contributed by atoms with van der Waals surface area (Å²) in [4.78, 5) is 29.1. The third-order valence-electron chi connectivity index (χ3n) is 5.16. The van der Waals surface area contributed by atoms with Crippen LogP contribution in [0.5, 0.6) is 5.75 Å². The fourth-order valence-electron chi connectivity index (χ4n) is 3.65. The van der Waals surface area contributed by atoms with Crippen molar-refractivity contribution < 1.29 is 14.3 Å². The average molecular weight is 430 g/mol. The van der Waals surface area contributed by atoms with Gasteiger partial charge in [-0.3, -0.25) is 9.59 Å². The molecule has 0 spiro atoms. The Bertz CT molecular complexity index is 873. The van der Waals surface area contributed by atoms with Crippen LogP contribution in [-0.4, -0.2) is 50.5 Å². The van der Waals surface area contributed by atoms with Crippen LogP contribution in [0.1, 0.15) is 19.3 Å². The molecule has 1 aliphatic rings. The lowest BCUT2D eigenvalue weighted by atomic mass is 9.96. The van der Waals surface area contributed by atoms with E-state index < -0.39 is 0 Å². The van der Waals surface area contributed by atoms with Gasteiger partial charge in [0.05, 0.1) is 35.3 Å². The second-order valence-corrected chi connectivity index (χ2v) is 8.02. The number of nitrogens with one attached hydrogen (secondary N) is 1. The van der Waals surface area contributed by atoms with E-state index in [9.17, 15) is 9.59 Å². The topological polar surface area (TPSA) is 61.9 Å². The Kier molecular flexibility index (Phi) is 7.57. The van der Waals surface area contributed by atoms with Gasteiger partial charge in [0.1, 0.15) is 5.75 Å². The Morgan fingerprint density at radius 2 is 1.93 bits per heavy atom. The van der Waals surface area contributed by atoms with Gasteiger partial charge in [0, 0.05) is 27.2 Å². The fraction of sp³-hybridized carbons (Fsp3) is 0.391. The molecule has 2 amide bonds. The third-order valence-corrected chi connectivity index (χ3v) is 5.47. The molecule has 7 heteroatoms. The van der Waals surface area contributed by atoms with Crippen molar-refractivity contribution in [3.05, 3.63) is 53.6 Å². The number of ether oxygens (including phenoxy) is 1. The molecular formula is C23H28ClN3O3. The number of amides is 2. The Labute approximate surface area is 182 Å². The van der Waals surface area contributed by atoms with Gasteiger partial charge >= 0.3 is 0 Å². The molecule has 1 fully saturated rings. The molecule has 1 unspecified atom stereocenters. The molecule has 1 aliphatic heterocycles. The average Bonchev–Trinajstić information content (AvgIpc) is 2.74.